The molecule has 1 fully saturated rings. The van der Waals surface area contributed by atoms with Crippen LogP contribution in [-0.2, 0) is 4.79 Å². The van der Waals surface area contributed by atoms with Crippen LogP contribution < -0.4 is 10.1 Å². The third kappa shape index (κ3) is 2.37. The highest BCUT2D eigenvalue weighted by molar-refractivity contribution is 5.82. The van der Waals surface area contributed by atoms with Crippen LogP contribution in [0.5, 0.6) is 5.88 Å². The van der Waals surface area contributed by atoms with Gasteiger partial charge >= 0.3 is 5.97 Å². The number of carboxylic acid groups (broad SMARTS) is 1. The Bertz CT molecular complexity index is 456. The van der Waals surface area contributed by atoms with Gasteiger partial charge in [0, 0.05) is 11.8 Å². The van der Waals surface area contributed by atoms with E-state index in [9.17, 15) is 9.90 Å². The molecule has 1 aromatic heterocycles. The molecule has 2 rings (SSSR count). The van der Waals surface area contributed by atoms with Crippen LogP contribution in [0.3, 0.4) is 0 Å². The Hall–Kier alpha value is -1.85. The van der Waals surface area contributed by atoms with Gasteiger partial charge in [-0.05, 0) is 19.8 Å². The highest BCUT2D eigenvalue weighted by atomic mass is 16.5. The minimum absolute atomic E-state index is 0.316. The molecule has 0 saturated heterocycles. The molecule has 1 aromatic rings. The van der Waals surface area contributed by atoms with E-state index in [1.54, 1.807) is 6.07 Å². The number of aromatic nitrogens is 2. The van der Waals surface area contributed by atoms with E-state index >= 15 is 0 Å². The number of hydrogen-bond acceptors (Lipinski definition) is 5. The SMILES string of the molecule is COc1cc(C)nc(NC2(C(=O)O)CCCC2)n1. The average Bonchev–Trinajstić information content (AvgIpc) is 2.78. The van der Waals surface area contributed by atoms with Gasteiger partial charge in [0.15, 0.2) is 0 Å². The van der Waals surface area contributed by atoms with Crippen LogP contribution >= 0.6 is 0 Å². The zero-order chi connectivity index (χ0) is 13.2. The smallest absolute Gasteiger partial charge is 0.329 e. The number of aliphatic carboxylic acids is 1. The summed E-state index contributed by atoms with van der Waals surface area (Å²) in [6, 6.07) is 1.70. The maximum absolute atomic E-state index is 11.4. The van der Waals surface area contributed by atoms with Crippen LogP contribution in [0.25, 0.3) is 0 Å². The number of carboxylic acids is 1. The largest absolute Gasteiger partial charge is 0.481 e. The van der Waals surface area contributed by atoms with Crippen molar-refractivity contribution < 1.29 is 14.6 Å². The topological polar surface area (TPSA) is 84.3 Å². The van der Waals surface area contributed by atoms with Crippen LogP contribution in [-0.4, -0.2) is 33.7 Å². The van der Waals surface area contributed by atoms with E-state index in [2.05, 4.69) is 15.3 Å². The second-order valence-corrected chi connectivity index (χ2v) is 4.59. The summed E-state index contributed by atoms with van der Waals surface area (Å²) in [4.78, 5) is 19.8. The third-order valence-electron chi connectivity index (χ3n) is 3.26. The molecule has 1 saturated carbocycles. The predicted molar refractivity (Wildman–Crippen MR) is 65.8 cm³/mol. The zero-order valence-corrected chi connectivity index (χ0v) is 10.6. The summed E-state index contributed by atoms with van der Waals surface area (Å²) in [5.74, 6) is -0.0937. The first-order chi connectivity index (χ1) is 8.55. The van der Waals surface area contributed by atoms with Gasteiger partial charge in [0.25, 0.3) is 0 Å². The predicted octanol–water partition coefficient (Wildman–Crippen LogP) is 1.60. The van der Waals surface area contributed by atoms with E-state index in [4.69, 9.17) is 4.74 Å². The second kappa shape index (κ2) is 4.80. The van der Waals surface area contributed by atoms with Gasteiger partial charge in [-0.25, -0.2) is 9.78 Å². The van der Waals surface area contributed by atoms with Gasteiger partial charge in [0.05, 0.1) is 7.11 Å². The summed E-state index contributed by atoms with van der Waals surface area (Å²) in [6.07, 6.45) is 3.01. The molecule has 1 aliphatic carbocycles. The fourth-order valence-corrected chi connectivity index (χ4v) is 2.29. The van der Waals surface area contributed by atoms with Crippen molar-refractivity contribution in [1.29, 1.82) is 0 Å². The first kappa shape index (κ1) is 12.6. The van der Waals surface area contributed by atoms with Crippen LogP contribution in [0, 0.1) is 6.92 Å². The minimum Gasteiger partial charge on any atom is -0.481 e. The molecule has 2 N–H and O–H groups in total. The van der Waals surface area contributed by atoms with Gasteiger partial charge in [0.1, 0.15) is 5.54 Å². The fourth-order valence-electron chi connectivity index (χ4n) is 2.29. The van der Waals surface area contributed by atoms with Gasteiger partial charge in [-0.3, -0.25) is 0 Å². The Kier molecular flexibility index (Phi) is 3.36. The molecule has 0 aliphatic heterocycles. The third-order valence-corrected chi connectivity index (χ3v) is 3.26. The van der Waals surface area contributed by atoms with Crippen molar-refractivity contribution in [2.45, 2.75) is 38.1 Å². The second-order valence-electron chi connectivity index (χ2n) is 4.59. The molecule has 6 nitrogen and oxygen atoms in total. The van der Waals surface area contributed by atoms with Crippen molar-refractivity contribution in [1.82, 2.24) is 9.97 Å². The summed E-state index contributed by atoms with van der Waals surface area (Å²) >= 11 is 0. The Morgan fingerprint density at radius 1 is 1.44 bits per heavy atom. The number of rotatable bonds is 4. The molecule has 1 heterocycles. The van der Waals surface area contributed by atoms with Crippen LogP contribution in [0.4, 0.5) is 5.95 Å². The Morgan fingerprint density at radius 3 is 2.67 bits per heavy atom. The number of carbonyl (C=O) groups is 1. The standard InChI is InChI=1S/C12H17N3O3/c1-8-7-9(18-2)14-11(13-8)15-12(10(16)17)5-3-4-6-12/h7H,3-6H2,1-2H3,(H,16,17)(H,13,14,15). The number of nitrogens with one attached hydrogen (secondary N) is 1. The Balaban J connectivity index is 2.26. The van der Waals surface area contributed by atoms with Crippen molar-refractivity contribution in [3.63, 3.8) is 0 Å². The van der Waals surface area contributed by atoms with Gasteiger partial charge < -0.3 is 15.2 Å². The van der Waals surface area contributed by atoms with E-state index in [0.717, 1.165) is 18.5 Å². The van der Waals surface area contributed by atoms with Gasteiger partial charge in [0.2, 0.25) is 11.8 Å². The Morgan fingerprint density at radius 2 is 2.11 bits per heavy atom. The molecule has 0 unspecified atom stereocenters. The summed E-state index contributed by atoms with van der Waals surface area (Å²) < 4.78 is 5.06. The van der Waals surface area contributed by atoms with Crippen molar-refractivity contribution in [2.75, 3.05) is 12.4 Å². The summed E-state index contributed by atoms with van der Waals surface area (Å²) in [7, 11) is 1.52. The number of aryl methyl sites for hydroxylation is 1. The summed E-state index contributed by atoms with van der Waals surface area (Å²) in [6.45, 7) is 1.82. The average molecular weight is 251 g/mol. The summed E-state index contributed by atoms with van der Waals surface area (Å²) in [5, 5.41) is 12.3. The first-order valence-electron chi connectivity index (χ1n) is 5.97. The molecule has 0 spiro atoms. The van der Waals surface area contributed by atoms with Gasteiger partial charge in [-0.15, -0.1) is 0 Å². The van der Waals surface area contributed by atoms with E-state index in [1.807, 2.05) is 6.92 Å². The highest BCUT2D eigenvalue weighted by Gasteiger charge is 2.42. The number of anilines is 1. The number of ether oxygens (including phenoxy) is 1. The molecule has 18 heavy (non-hydrogen) atoms. The van der Waals surface area contributed by atoms with E-state index in [-0.39, 0.29) is 0 Å². The quantitative estimate of drug-likeness (QED) is 0.845. The molecule has 98 valence electrons. The van der Waals surface area contributed by atoms with Crippen molar-refractivity contribution in [2.24, 2.45) is 0 Å². The lowest BCUT2D eigenvalue weighted by Crippen LogP contribution is -2.44. The number of methoxy groups -OCH3 is 1. The zero-order valence-electron chi connectivity index (χ0n) is 10.6. The molecule has 1 aliphatic rings. The molecule has 0 bridgehead atoms. The highest BCUT2D eigenvalue weighted by Crippen LogP contribution is 2.32. The Labute approximate surface area is 105 Å². The fraction of sp³-hybridized carbons (Fsp3) is 0.583. The first-order valence-corrected chi connectivity index (χ1v) is 5.97. The number of hydrogen-bond donors (Lipinski definition) is 2. The molecule has 0 atom stereocenters. The monoisotopic (exact) mass is 251 g/mol. The van der Waals surface area contributed by atoms with Crippen LogP contribution in [0.1, 0.15) is 31.4 Å². The van der Waals surface area contributed by atoms with Crippen molar-refractivity contribution in [3.8, 4) is 5.88 Å². The normalized spacial score (nSPS) is 17.4. The van der Waals surface area contributed by atoms with Crippen molar-refractivity contribution in [3.05, 3.63) is 11.8 Å². The van der Waals surface area contributed by atoms with Gasteiger partial charge in [-0.1, -0.05) is 12.8 Å². The lowest BCUT2D eigenvalue weighted by Gasteiger charge is -2.25. The molecular weight excluding hydrogens is 234 g/mol. The minimum atomic E-state index is -0.932. The number of nitrogens with zero attached hydrogens (tertiary/aromatic N) is 2. The van der Waals surface area contributed by atoms with Crippen LogP contribution in [0.2, 0.25) is 0 Å². The van der Waals surface area contributed by atoms with E-state index < -0.39 is 11.5 Å². The lowest BCUT2D eigenvalue weighted by molar-refractivity contribution is -0.142. The lowest BCUT2D eigenvalue weighted by atomic mass is 9.98. The van der Waals surface area contributed by atoms with Crippen molar-refractivity contribution >= 4 is 11.9 Å². The molecule has 6 heteroatoms. The van der Waals surface area contributed by atoms with E-state index in [0.29, 0.717) is 24.7 Å². The van der Waals surface area contributed by atoms with Crippen LogP contribution in [0.15, 0.2) is 6.07 Å². The molecular formula is C12H17N3O3. The van der Waals surface area contributed by atoms with E-state index in [1.165, 1.54) is 7.11 Å². The maximum Gasteiger partial charge on any atom is 0.329 e. The molecule has 0 amide bonds. The molecule has 0 radical (unpaired) electrons. The molecule has 0 aromatic carbocycles. The van der Waals surface area contributed by atoms with Gasteiger partial charge in [-0.2, -0.15) is 4.98 Å². The maximum atomic E-state index is 11.4. The summed E-state index contributed by atoms with van der Waals surface area (Å²) in [5.41, 5.74) is -0.193.